The molecule has 204 valence electrons. The number of ether oxygens (including phenoxy) is 1. The van der Waals surface area contributed by atoms with Crippen LogP contribution in [0.1, 0.15) is 69.0 Å². The molecule has 8 heteroatoms. The fraction of sp³-hybridized carbons (Fsp3) is 0.750. The lowest BCUT2D eigenvalue weighted by atomic mass is 9.85. The lowest BCUT2D eigenvalue weighted by molar-refractivity contribution is 0.0380. The van der Waals surface area contributed by atoms with E-state index in [1.165, 1.54) is 64.5 Å². The number of halogens is 2. The van der Waals surface area contributed by atoms with Crippen molar-refractivity contribution in [1.82, 2.24) is 15.0 Å². The Morgan fingerprint density at radius 2 is 1.78 bits per heavy atom. The number of benzene rings is 1. The van der Waals surface area contributed by atoms with Crippen LogP contribution in [-0.4, -0.2) is 66.5 Å². The molecule has 1 aromatic heterocycles. The highest BCUT2D eigenvalue weighted by molar-refractivity contribution is 5.86. The zero-order chi connectivity index (χ0) is 23.5. The van der Waals surface area contributed by atoms with Gasteiger partial charge in [-0.1, -0.05) is 18.0 Å². The number of aliphatic hydroxyl groups excluding tert-OH is 1. The predicted molar refractivity (Wildman–Crippen MR) is 150 cm³/mol. The van der Waals surface area contributed by atoms with Gasteiger partial charge in [-0.2, -0.15) is 0 Å². The summed E-state index contributed by atoms with van der Waals surface area (Å²) >= 11 is 0. The summed E-state index contributed by atoms with van der Waals surface area (Å²) in [4.78, 5) is 4.76. The number of aliphatic hydroxyl groups is 1. The second-order valence-corrected chi connectivity index (χ2v) is 11.4. The van der Waals surface area contributed by atoms with Crippen molar-refractivity contribution in [2.45, 2.75) is 76.9 Å². The third-order valence-electron chi connectivity index (χ3n) is 8.28. The Bertz CT molecular complexity index is 942. The van der Waals surface area contributed by atoms with Gasteiger partial charge in [0, 0.05) is 18.5 Å². The van der Waals surface area contributed by atoms with Gasteiger partial charge in [-0.05, 0) is 108 Å². The van der Waals surface area contributed by atoms with E-state index in [4.69, 9.17) is 9.26 Å². The molecule has 0 unspecified atom stereocenters. The largest absolute Gasteiger partial charge is 0.493 e. The van der Waals surface area contributed by atoms with Crippen LogP contribution in [0, 0.1) is 17.8 Å². The summed E-state index contributed by atoms with van der Waals surface area (Å²) in [6.45, 7) is 5.03. The van der Waals surface area contributed by atoms with E-state index in [-0.39, 0.29) is 30.9 Å². The van der Waals surface area contributed by atoms with E-state index in [1.54, 1.807) is 0 Å². The van der Waals surface area contributed by atoms with Crippen molar-refractivity contribution in [3.05, 3.63) is 23.4 Å². The minimum absolute atomic E-state index is 0. The molecule has 1 aliphatic heterocycles. The van der Waals surface area contributed by atoms with Crippen molar-refractivity contribution in [1.29, 1.82) is 0 Å². The minimum Gasteiger partial charge on any atom is -0.493 e. The van der Waals surface area contributed by atoms with Gasteiger partial charge in [-0.15, -0.1) is 24.8 Å². The predicted octanol–water partition coefficient (Wildman–Crippen LogP) is 5.72. The Hall–Kier alpha value is -1.05. The molecule has 36 heavy (non-hydrogen) atoms. The standard InChI is InChI=1S/C28H43N3O3.2ClH/c1-30(2)18-24-27(33-19-21-7-8-21)12-10-23-25(29-34-28(23)24)11-9-20-13-15-31(16-14-20)17-22-5-3-4-6-26(22)32;;/h10,12,20-22,26,32H,3-9,11,13-19H2,1-2H3;2*1H/t22-,26-;;/m1../s1. The summed E-state index contributed by atoms with van der Waals surface area (Å²) < 4.78 is 12.1. The summed E-state index contributed by atoms with van der Waals surface area (Å²) in [5.41, 5.74) is 3.12. The summed E-state index contributed by atoms with van der Waals surface area (Å²) in [5, 5.41) is 16.0. The SMILES string of the molecule is CN(C)Cc1c(OCC2CC2)ccc2c(CCC3CCN(C[C@H]4CCCC[C@H]4O)CC3)noc12.Cl.Cl. The number of likely N-dealkylation sites (tertiary alicyclic amines) is 1. The van der Waals surface area contributed by atoms with Gasteiger partial charge in [0.05, 0.1) is 24.0 Å². The maximum atomic E-state index is 10.3. The van der Waals surface area contributed by atoms with Gasteiger partial charge in [0.2, 0.25) is 0 Å². The van der Waals surface area contributed by atoms with Gasteiger partial charge < -0.3 is 24.2 Å². The molecule has 3 fully saturated rings. The molecule has 1 saturated heterocycles. The van der Waals surface area contributed by atoms with E-state index < -0.39 is 0 Å². The maximum absolute atomic E-state index is 10.3. The number of hydrogen-bond acceptors (Lipinski definition) is 6. The molecule has 0 bridgehead atoms. The van der Waals surface area contributed by atoms with E-state index in [0.717, 1.165) is 72.3 Å². The highest BCUT2D eigenvalue weighted by Gasteiger charge is 2.28. The highest BCUT2D eigenvalue weighted by Crippen LogP contribution is 2.35. The fourth-order valence-corrected chi connectivity index (χ4v) is 5.90. The molecule has 2 aliphatic carbocycles. The second-order valence-electron chi connectivity index (χ2n) is 11.4. The molecule has 2 heterocycles. The van der Waals surface area contributed by atoms with Crippen LogP contribution in [-0.2, 0) is 13.0 Å². The number of hydrogen-bond donors (Lipinski definition) is 1. The van der Waals surface area contributed by atoms with Gasteiger partial charge in [0.25, 0.3) is 0 Å². The normalized spacial score (nSPS) is 23.4. The van der Waals surface area contributed by atoms with Crippen LogP contribution < -0.4 is 4.74 Å². The third-order valence-corrected chi connectivity index (χ3v) is 8.28. The van der Waals surface area contributed by atoms with Crippen LogP contribution in [0.3, 0.4) is 0 Å². The fourth-order valence-electron chi connectivity index (χ4n) is 5.90. The van der Waals surface area contributed by atoms with Crippen LogP contribution in [0.4, 0.5) is 0 Å². The molecule has 3 aliphatic rings. The van der Waals surface area contributed by atoms with Crippen LogP contribution in [0.5, 0.6) is 5.75 Å². The molecule has 0 radical (unpaired) electrons. The minimum atomic E-state index is -0.0797. The highest BCUT2D eigenvalue weighted by atomic mass is 35.5. The maximum Gasteiger partial charge on any atom is 0.175 e. The molecular weight excluding hydrogens is 497 g/mol. The molecule has 0 amide bonds. The van der Waals surface area contributed by atoms with E-state index in [9.17, 15) is 5.11 Å². The Morgan fingerprint density at radius 1 is 1.03 bits per heavy atom. The van der Waals surface area contributed by atoms with E-state index >= 15 is 0 Å². The topological polar surface area (TPSA) is 62.0 Å². The first kappa shape index (κ1) is 29.5. The summed E-state index contributed by atoms with van der Waals surface area (Å²) in [6, 6.07) is 4.28. The third kappa shape index (κ3) is 7.50. The molecule has 1 aromatic carbocycles. The number of aromatic nitrogens is 1. The number of aryl methyl sites for hydroxylation is 1. The molecular formula is C28H45Cl2N3O3. The second kappa shape index (κ2) is 13.7. The van der Waals surface area contributed by atoms with Crippen molar-refractivity contribution in [3.8, 4) is 5.75 Å². The van der Waals surface area contributed by atoms with Crippen molar-refractivity contribution >= 4 is 35.8 Å². The van der Waals surface area contributed by atoms with Gasteiger partial charge in [0.1, 0.15) is 5.75 Å². The average molecular weight is 543 g/mol. The number of rotatable bonds is 10. The van der Waals surface area contributed by atoms with Crippen molar-refractivity contribution in [3.63, 3.8) is 0 Å². The number of piperidine rings is 1. The average Bonchev–Trinajstić information content (AvgIpc) is 3.57. The van der Waals surface area contributed by atoms with Crippen LogP contribution in [0.15, 0.2) is 16.7 Å². The van der Waals surface area contributed by atoms with Crippen LogP contribution >= 0.6 is 24.8 Å². The Balaban J connectivity index is 0.00000180. The smallest absolute Gasteiger partial charge is 0.175 e. The Kier molecular flexibility index (Phi) is 11.2. The summed E-state index contributed by atoms with van der Waals surface area (Å²) in [5.74, 6) is 2.92. The first-order valence-corrected chi connectivity index (χ1v) is 13.6. The van der Waals surface area contributed by atoms with E-state index in [2.05, 4.69) is 41.2 Å². The first-order chi connectivity index (χ1) is 16.6. The van der Waals surface area contributed by atoms with Gasteiger partial charge in [-0.25, -0.2) is 0 Å². The molecule has 2 atom stereocenters. The quantitative estimate of drug-likeness (QED) is 0.415. The zero-order valence-electron chi connectivity index (χ0n) is 22.0. The molecule has 5 rings (SSSR count). The van der Waals surface area contributed by atoms with Gasteiger partial charge in [0.15, 0.2) is 5.58 Å². The summed E-state index contributed by atoms with van der Waals surface area (Å²) in [6.07, 6.45) is 11.8. The van der Waals surface area contributed by atoms with Crippen LogP contribution in [0.25, 0.3) is 11.0 Å². The van der Waals surface area contributed by atoms with Crippen molar-refractivity contribution in [2.24, 2.45) is 17.8 Å². The molecule has 2 saturated carbocycles. The van der Waals surface area contributed by atoms with Crippen molar-refractivity contribution < 1.29 is 14.4 Å². The number of fused-ring (bicyclic) bond motifs is 1. The van der Waals surface area contributed by atoms with Gasteiger partial charge in [-0.3, -0.25) is 0 Å². The molecule has 1 N–H and O–H groups in total. The van der Waals surface area contributed by atoms with E-state index in [1.807, 2.05) is 0 Å². The lowest BCUT2D eigenvalue weighted by Crippen LogP contribution is -2.41. The molecule has 2 aromatic rings. The lowest BCUT2D eigenvalue weighted by Gasteiger charge is -2.37. The number of nitrogens with zero attached hydrogens (tertiary/aromatic N) is 3. The van der Waals surface area contributed by atoms with Gasteiger partial charge >= 0.3 is 0 Å². The molecule has 6 nitrogen and oxygen atoms in total. The Morgan fingerprint density at radius 3 is 2.47 bits per heavy atom. The Labute approximate surface area is 228 Å². The zero-order valence-corrected chi connectivity index (χ0v) is 23.6. The summed E-state index contributed by atoms with van der Waals surface area (Å²) in [7, 11) is 4.17. The van der Waals surface area contributed by atoms with Crippen molar-refractivity contribution in [2.75, 3.05) is 40.3 Å². The first-order valence-electron chi connectivity index (χ1n) is 13.6. The monoisotopic (exact) mass is 541 g/mol. The van der Waals surface area contributed by atoms with E-state index in [0.29, 0.717) is 5.92 Å². The van der Waals surface area contributed by atoms with Crippen LogP contribution in [0.2, 0.25) is 0 Å². The molecule has 0 spiro atoms.